The van der Waals surface area contributed by atoms with E-state index in [4.69, 9.17) is 4.74 Å². The number of benzene rings is 1. The second kappa shape index (κ2) is 6.60. The van der Waals surface area contributed by atoms with E-state index in [0.717, 1.165) is 18.6 Å². The van der Waals surface area contributed by atoms with Crippen LogP contribution in [0.5, 0.6) is 0 Å². The summed E-state index contributed by atoms with van der Waals surface area (Å²) in [4.78, 5) is 17.1. The molecule has 7 heteroatoms. The predicted octanol–water partition coefficient (Wildman–Crippen LogP) is 4.59. The van der Waals surface area contributed by atoms with Gasteiger partial charge in [-0.3, -0.25) is 0 Å². The van der Waals surface area contributed by atoms with E-state index in [2.05, 4.69) is 4.99 Å². The number of aryl methyl sites for hydroxylation is 1. The zero-order valence-corrected chi connectivity index (χ0v) is 13.2. The van der Waals surface area contributed by atoms with Crippen LogP contribution in [0.4, 0.5) is 13.2 Å². The van der Waals surface area contributed by atoms with Crippen LogP contribution in [0.1, 0.15) is 22.4 Å². The summed E-state index contributed by atoms with van der Waals surface area (Å²) in [5.74, 6) is -0.563. The maximum Gasteiger partial charge on any atom is 0.416 e. The topological polar surface area (TPSA) is 38.7 Å². The minimum atomic E-state index is -4.40. The molecule has 1 aromatic carbocycles. The highest BCUT2D eigenvalue weighted by Gasteiger charge is 2.31. The number of aliphatic imine (C=N–C) groups is 1. The molecule has 0 amide bonds. The summed E-state index contributed by atoms with van der Waals surface area (Å²) < 4.78 is 42.7. The van der Waals surface area contributed by atoms with E-state index < -0.39 is 17.7 Å². The molecule has 0 N–H and O–H groups in total. The molecule has 0 unspecified atom stereocenters. The van der Waals surface area contributed by atoms with Gasteiger partial charge in [-0.15, -0.1) is 11.3 Å². The van der Waals surface area contributed by atoms with Gasteiger partial charge in [0.1, 0.15) is 5.70 Å². The minimum absolute atomic E-state index is 0.0242. The molecule has 2 heterocycles. The molecule has 0 spiro atoms. The first-order chi connectivity index (χ1) is 11.4. The third-order valence-electron chi connectivity index (χ3n) is 3.39. The number of esters is 1. The summed E-state index contributed by atoms with van der Waals surface area (Å²) in [6, 6.07) is 8.31. The van der Waals surface area contributed by atoms with Crippen LogP contribution in [-0.4, -0.2) is 11.9 Å². The van der Waals surface area contributed by atoms with Crippen molar-refractivity contribution in [2.24, 2.45) is 4.99 Å². The molecule has 1 aromatic heterocycles. The number of cyclic esters (lactones) is 1. The van der Waals surface area contributed by atoms with Crippen molar-refractivity contribution < 1.29 is 22.7 Å². The lowest BCUT2D eigenvalue weighted by atomic mass is 10.1. The van der Waals surface area contributed by atoms with Crippen LogP contribution < -0.4 is 0 Å². The number of thiophene rings is 1. The Labute approximate surface area is 140 Å². The third kappa shape index (κ3) is 3.73. The second-order valence-corrected chi connectivity index (χ2v) is 6.12. The van der Waals surface area contributed by atoms with Crippen LogP contribution in [0.25, 0.3) is 0 Å². The van der Waals surface area contributed by atoms with Gasteiger partial charge < -0.3 is 4.74 Å². The Morgan fingerprint density at radius 1 is 1.17 bits per heavy atom. The largest absolute Gasteiger partial charge is 0.416 e. The number of hydrogen-bond acceptors (Lipinski definition) is 4. The highest BCUT2D eigenvalue weighted by atomic mass is 32.1. The zero-order valence-electron chi connectivity index (χ0n) is 12.3. The van der Waals surface area contributed by atoms with Gasteiger partial charge in [0.15, 0.2) is 0 Å². The molecule has 3 nitrogen and oxygen atoms in total. The van der Waals surface area contributed by atoms with Crippen LogP contribution in [0.3, 0.4) is 0 Å². The van der Waals surface area contributed by atoms with Crippen LogP contribution in [0.15, 0.2) is 58.5 Å². The van der Waals surface area contributed by atoms with Gasteiger partial charge in [0.05, 0.1) is 5.56 Å². The van der Waals surface area contributed by atoms with Gasteiger partial charge in [-0.2, -0.15) is 13.2 Å². The maximum absolute atomic E-state index is 12.6. The van der Waals surface area contributed by atoms with E-state index >= 15 is 0 Å². The number of halogens is 3. The SMILES string of the molecule is O=C1OC(c2ccc(C(F)(F)F)cc2)=N/C1=C/CCc1cccs1. The van der Waals surface area contributed by atoms with Gasteiger partial charge in [-0.1, -0.05) is 12.1 Å². The fourth-order valence-electron chi connectivity index (χ4n) is 2.18. The maximum atomic E-state index is 12.6. The van der Waals surface area contributed by atoms with Crippen LogP contribution in [-0.2, 0) is 22.1 Å². The second-order valence-electron chi connectivity index (χ2n) is 5.09. The third-order valence-corrected chi connectivity index (χ3v) is 4.32. The lowest BCUT2D eigenvalue weighted by Gasteiger charge is -2.06. The average molecular weight is 351 g/mol. The Bertz CT molecular complexity index is 790. The van der Waals surface area contributed by atoms with Crippen LogP contribution >= 0.6 is 11.3 Å². The smallest absolute Gasteiger partial charge is 0.402 e. The van der Waals surface area contributed by atoms with E-state index in [-0.39, 0.29) is 11.6 Å². The number of ether oxygens (including phenoxy) is 1. The number of nitrogens with zero attached hydrogens (tertiary/aromatic N) is 1. The first kappa shape index (κ1) is 16.4. The first-order valence-electron chi connectivity index (χ1n) is 7.14. The van der Waals surface area contributed by atoms with Crippen LogP contribution in [0, 0.1) is 0 Å². The lowest BCUT2D eigenvalue weighted by Crippen LogP contribution is -2.08. The zero-order chi connectivity index (χ0) is 17.2. The average Bonchev–Trinajstić information content (AvgIpc) is 3.17. The summed E-state index contributed by atoms with van der Waals surface area (Å²) >= 11 is 1.63. The fraction of sp³-hybridized carbons (Fsp3) is 0.176. The molecule has 2 aromatic rings. The number of carbonyl (C=O) groups is 1. The molecule has 0 saturated heterocycles. The van der Waals surface area contributed by atoms with Crippen molar-refractivity contribution in [1.82, 2.24) is 0 Å². The van der Waals surface area contributed by atoms with E-state index in [9.17, 15) is 18.0 Å². The Morgan fingerprint density at radius 2 is 1.92 bits per heavy atom. The van der Waals surface area contributed by atoms with Crippen molar-refractivity contribution >= 4 is 23.2 Å². The van der Waals surface area contributed by atoms with E-state index in [1.54, 1.807) is 17.4 Å². The highest BCUT2D eigenvalue weighted by molar-refractivity contribution is 7.09. The van der Waals surface area contributed by atoms with E-state index in [1.807, 2.05) is 17.5 Å². The van der Waals surface area contributed by atoms with Gasteiger partial charge in [0.2, 0.25) is 5.90 Å². The fourth-order valence-corrected chi connectivity index (χ4v) is 2.90. The van der Waals surface area contributed by atoms with Crippen molar-refractivity contribution in [2.45, 2.75) is 19.0 Å². The Hall–Kier alpha value is -2.41. The van der Waals surface area contributed by atoms with Gasteiger partial charge in [-0.25, -0.2) is 9.79 Å². The molecule has 0 fully saturated rings. The van der Waals surface area contributed by atoms with Crippen molar-refractivity contribution in [3.8, 4) is 0 Å². The highest BCUT2D eigenvalue weighted by Crippen LogP contribution is 2.29. The van der Waals surface area contributed by atoms with Gasteiger partial charge >= 0.3 is 12.1 Å². The Kier molecular flexibility index (Phi) is 4.53. The number of carbonyl (C=O) groups excluding carboxylic acids is 1. The standard InChI is InChI=1S/C17H12F3NO2S/c18-17(19,20)12-8-6-11(7-9-12)15-21-14(16(22)23-15)5-1-3-13-4-2-10-24-13/h2,4-10H,1,3H2/b14-5+. The van der Waals surface area contributed by atoms with Crippen molar-refractivity contribution in [2.75, 3.05) is 0 Å². The number of hydrogen-bond donors (Lipinski definition) is 0. The summed E-state index contributed by atoms with van der Waals surface area (Å²) in [5.41, 5.74) is -0.248. The molecule has 24 heavy (non-hydrogen) atoms. The number of allylic oxidation sites excluding steroid dienone is 1. The summed E-state index contributed by atoms with van der Waals surface area (Å²) in [6.07, 6.45) is -1.30. The molecule has 0 saturated carbocycles. The molecule has 1 aliphatic heterocycles. The first-order valence-corrected chi connectivity index (χ1v) is 8.02. The van der Waals surface area contributed by atoms with E-state index in [0.29, 0.717) is 12.0 Å². The predicted molar refractivity (Wildman–Crippen MR) is 84.8 cm³/mol. The molecular weight excluding hydrogens is 339 g/mol. The van der Waals surface area contributed by atoms with E-state index in [1.165, 1.54) is 17.0 Å². The molecule has 3 rings (SSSR count). The Morgan fingerprint density at radius 3 is 2.54 bits per heavy atom. The number of alkyl halides is 3. The van der Waals surface area contributed by atoms with Crippen molar-refractivity contribution in [1.29, 1.82) is 0 Å². The minimum Gasteiger partial charge on any atom is -0.402 e. The summed E-state index contributed by atoms with van der Waals surface area (Å²) in [6.45, 7) is 0. The molecule has 0 atom stereocenters. The quantitative estimate of drug-likeness (QED) is 0.597. The van der Waals surface area contributed by atoms with Gasteiger partial charge in [0.25, 0.3) is 0 Å². The normalized spacial score (nSPS) is 16.4. The lowest BCUT2D eigenvalue weighted by molar-refractivity contribution is -0.137. The molecule has 0 radical (unpaired) electrons. The molecule has 124 valence electrons. The van der Waals surface area contributed by atoms with Gasteiger partial charge in [0, 0.05) is 10.4 Å². The monoisotopic (exact) mass is 351 g/mol. The molecular formula is C17H12F3NO2S. The summed E-state index contributed by atoms with van der Waals surface area (Å²) in [5, 5.41) is 1.98. The van der Waals surface area contributed by atoms with Gasteiger partial charge in [-0.05, 0) is 48.6 Å². The molecule has 0 bridgehead atoms. The summed E-state index contributed by atoms with van der Waals surface area (Å²) in [7, 11) is 0. The Balaban J connectivity index is 1.71. The van der Waals surface area contributed by atoms with Crippen molar-refractivity contribution in [3.05, 3.63) is 69.6 Å². The van der Waals surface area contributed by atoms with Crippen molar-refractivity contribution in [3.63, 3.8) is 0 Å². The van der Waals surface area contributed by atoms with Crippen LogP contribution in [0.2, 0.25) is 0 Å². The molecule has 1 aliphatic rings. The number of rotatable bonds is 4. The molecule has 0 aliphatic carbocycles.